The zero-order chi connectivity index (χ0) is 9.90. The van der Waals surface area contributed by atoms with Gasteiger partial charge in [-0.05, 0) is 54.2 Å². The lowest BCUT2D eigenvalue weighted by Gasteiger charge is -2.18. The predicted octanol–water partition coefficient (Wildman–Crippen LogP) is 2.51. The number of halogens is 1. The Hall–Kier alpha value is -0.410. The summed E-state index contributed by atoms with van der Waals surface area (Å²) in [4.78, 5) is 4.01. The Morgan fingerprint density at radius 1 is 1.54 bits per heavy atom. The molecule has 0 fully saturated rings. The van der Waals surface area contributed by atoms with Crippen molar-refractivity contribution in [3.05, 3.63) is 28.5 Å². The maximum Gasteiger partial charge on any atom is 0.0412 e. The lowest BCUT2D eigenvalue weighted by Crippen LogP contribution is -2.32. The van der Waals surface area contributed by atoms with Crippen LogP contribution in [0.1, 0.15) is 25.8 Å². The zero-order valence-corrected chi connectivity index (χ0v) is 9.63. The van der Waals surface area contributed by atoms with E-state index < -0.39 is 0 Å². The quantitative estimate of drug-likeness (QED) is 0.885. The van der Waals surface area contributed by atoms with Crippen LogP contribution in [-0.2, 0) is 6.42 Å². The van der Waals surface area contributed by atoms with Gasteiger partial charge in [-0.2, -0.15) is 0 Å². The van der Waals surface area contributed by atoms with E-state index in [-0.39, 0.29) is 5.54 Å². The number of nitrogens with zero attached hydrogens (tertiary/aromatic N) is 1. The van der Waals surface area contributed by atoms with Gasteiger partial charge in [0.15, 0.2) is 0 Å². The summed E-state index contributed by atoms with van der Waals surface area (Å²) in [5, 5.41) is 0. The van der Waals surface area contributed by atoms with E-state index in [0.29, 0.717) is 0 Å². The van der Waals surface area contributed by atoms with Crippen LogP contribution in [0.3, 0.4) is 0 Å². The van der Waals surface area contributed by atoms with E-state index in [1.807, 2.05) is 32.3 Å². The minimum absolute atomic E-state index is 0.0945. The summed E-state index contributed by atoms with van der Waals surface area (Å²) in [7, 11) is 0. The molecule has 1 heterocycles. The second-order valence-electron chi connectivity index (χ2n) is 3.96. The van der Waals surface area contributed by atoms with Gasteiger partial charge >= 0.3 is 0 Å². The Morgan fingerprint density at radius 3 is 2.77 bits per heavy atom. The number of pyridine rings is 1. The highest BCUT2D eigenvalue weighted by Gasteiger charge is 2.11. The van der Waals surface area contributed by atoms with Gasteiger partial charge < -0.3 is 5.73 Å². The van der Waals surface area contributed by atoms with Crippen LogP contribution in [0.2, 0.25) is 0 Å². The molecular formula is C10H15BrN2. The molecule has 1 aromatic heterocycles. The van der Waals surface area contributed by atoms with Crippen molar-refractivity contribution in [2.75, 3.05) is 0 Å². The second-order valence-corrected chi connectivity index (χ2v) is 4.81. The van der Waals surface area contributed by atoms with Crippen molar-refractivity contribution in [1.82, 2.24) is 4.98 Å². The molecule has 0 saturated heterocycles. The molecule has 2 nitrogen and oxygen atoms in total. The van der Waals surface area contributed by atoms with Crippen LogP contribution in [0.15, 0.2) is 22.9 Å². The molecule has 0 saturated carbocycles. The van der Waals surface area contributed by atoms with Crippen LogP contribution in [0.25, 0.3) is 0 Å². The fourth-order valence-electron chi connectivity index (χ4n) is 1.06. The highest BCUT2D eigenvalue weighted by molar-refractivity contribution is 9.10. The Kier molecular flexibility index (Phi) is 3.45. The second kappa shape index (κ2) is 4.20. The van der Waals surface area contributed by atoms with Crippen molar-refractivity contribution in [3.63, 3.8) is 0 Å². The Balaban J connectivity index is 2.60. The summed E-state index contributed by atoms with van der Waals surface area (Å²) >= 11 is 3.46. The van der Waals surface area contributed by atoms with Crippen LogP contribution in [0.4, 0.5) is 0 Å². The van der Waals surface area contributed by atoms with Crippen molar-refractivity contribution >= 4 is 15.9 Å². The molecule has 0 amide bonds. The minimum Gasteiger partial charge on any atom is -0.326 e. The van der Waals surface area contributed by atoms with Gasteiger partial charge in [-0.25, -0.2) is 0 Å². The predicted molar refractivity (Wildman–Crippen MR) is 58.5 cm³/mol. The normalized spacial score (nSPS) is 11.7. The van der Waals surface area contributed by atoms with E-state index in [4.69, 9.17) is 5.73 Å². The van der Waals surface area contributed by atoms with Gasteiger partial charge in [0, 0.05) is 22.4 Å². The van der Waals surface area contributed by atoms with E-state index in [1.165, 1.54) is 5.56 Å². The first-order valence-corrected chi connectivity index (χ1v) is 5.15. The summed E-state index contributed by atoms with van der Waals surface area (Å²) in [6, 6.07) is 2.02. The SMILES string of the molecule is CC(C)(N)CCc1ccncc1Br. The number of hydrogen-bond acceptors (Lipinski definition) is 2. The summed E-state index contributed by atoms with van der Waals surface area (Å²) in [5.41, 5.74) is 7.08. The van der Waals surface area contributed by atoms with Crippen LogP contribution in [0.5, 0.6) is 0 Å². The van der Waals surface area contributed by atoms with Gasteiger partial charge in [0.1, 0.15) is 0 Å². The van der Waals surface area contributed by atoms with Crippen molar-refractivity contribution in [1.29, 1.82) is 0 Å². The highest BCUT2D eigenvalue weighted by Crippen LogP contribution is 2.18. The van der Waals surface area contributed by atoms with Gasteiger partial charge in [0.25, 0.3) is 0 Å². The molecule has 1 aromatic rings. The molecule has 0 aliphatic carbocycles. The van der Waals surface area contributed by atoms with E-state index >= 15 is 0 Å². The first-order valence-electron chi connectivity index (χ1n) is 4.36. The molecule has 0 radical (unpaired) electrons. The maximum absolute atomic E-state index is 5.90. The van der Waals surface area contributed by atoms with Crippen molar-refractivity contribution in [3.8, 4) is 0 Å². The van der Waals surface area contributed by atoms with Crippen LogP contribution in [-0.4, -0.2) is 10.5 Å². The molecule has 1 rings (SSSR count). The molecule has 13 heavy (non-hydrogen) atoms. The summed E-state index contributed by atoms with van der Waals surface area (Å²) in [6.07, 6.45) is 5.60. The molecule has 0 bridgehead atoms. The largest absolute Gasteiger partial charge is 0.326 e. The first kappa shape index (κ1) is 10.7. The third-order valence-corrected chi connectivity index (χ3v) is 2.61. The molecule has 0 atom stereocenters. The average molecular weight is 243 g/mol. The van der Waals surface area contributed by atoms with Crippen molar-refractivity contribution in [2.45, 2.75) is 32.2 Å². The molecular weight excluding hydrogens is 228 g/mol. The van der Waals surface area contributed by atoms with Crippen molar-refractivity contribution < 1.29 is 0 Å². The monoisotopic (exact) mass is 242 g/mol. The van der Waals surface area contributed by atoms with Crippen LogP contribution in [0, 0.1) is 0 Å². The van der Waals surface area contributed by atoms with Crippen LogP contribution >= 0.6 is 15.9 Å². The third-order valence-electron chi connectivity index (χ3n) is 1.90. The number of hydrogen-bond donors (Lipinski definition) is 1. The molecule has 0 aliphatic heterocycles. The molecule has 0 spiro atoms. The fraction of sp³-hybridized carbons (Fsp3) is 0.500. The maximum atomic E-state index is 5.90. The minimum atomic E-state index is -0.0945. The van der Waals surface area contributed by atoms with E-state index in [2.05, 4.69) is 20.9 Å². The highest BCUT2D eigenvalue weighted by atomic mass is 79.9. The lowest BCUT2D eigenvalue weighted by molar-refractivity contribution is 0.476. The molecule has 0 aromatic carbocycles. The Bertz CT molecular complexity index is 278. The number of rotatable bonds is 3. The van der Waals surface area contributed by atoms with E-state index in [0.717, 1.165) is 17.3 Å². The standard InChI is InChI=1S/C10H15BrN2/c1-10(2,12)5-3-8-4-6-13-7-9(8)11/h4,6-7H,3,5,12H2,1-2H3. The van der Waals surface area contributed by atoms with Gasteiger partial charge in [0.05, 0.1) is 0 Å². The van der Waals surface area contributed by atoms with E-state index in [1.54, 1.807) is 0 Å². The summed E-state index contributed by atoms with van der Waals surface area (Å²) in [6.45, 7) is 4.09. The fourth-order valence-corrected chi connectivity index (χ4v) is 1.51. The van der Waals surface area contributed by atoms with Gasteiger partial charge in [-0.3, -0.25) is 4.98 Å². The van der Waals surface area contributed by atoms with Crippen molar-refractivity contribution in [2.24, 2.45) is 5.73 Å². The third kappa shape index (κ3) is 3.87. The number of aryl methyl sites for hydroxylation is 1. The van der Waals surface area contributed by atoms with Gasteiger partial charge in [-0.1, -0.05) is 0 Å². The number of nitrogens with two attached hydrogens (primary N) is 1. The summed E-state index contributed by atoms with van der Waals surface area (Å²) in [5.74, 6) is 0. The summed E-state index contributed by atoms with van der Waals surface area (Å²) < 4.78 is 1.07. The smallest absolute Gasteiger partial charge is 0.0412 e. The number of aromatic nitrogens is 1. The molecule has 3 heteroatoms. The average Bonchev–Trinajstić information content (AvgIpc) is 2.01. The van der Waals surface area contributed by atoms with Gasteiger partial charge in [-0.15, -0.1) is 0 Å². The van der Waals surface area contributed by atoms with E-state index in [9.17, 15) is 0 Å². The first-order chi connectivity index (χ1) is 5.99. The van der Waals surface area contributed by atoms with Gasteiger partial charge in [0.2, 0.25) is 0 Å². The zero-order valence-electron chi connectivity index (χ0n) is 8.05. The molecule has 72 valence electrons. The topological polar surface area (TPSA) is 38.9 Å². The molecule has 0 aliphatic rings. The van der Waals surface area contributed by atoms with Crippen LogP contribution < -0.4 is 5.73 Å². The lowest BCUT2D eigenvalue weighted by atomic mass is 9.97. The Labute approximate surface area is 87.7 Å². The Morgan fingerprint density at radius 2 is 2.23 bits per heavy atom. The molecule has 2 N–H and O–H groups in total. The molecule has 0 unspecified atom stereocenters.